The lowest BCUT2D eigenvalue weighted by atomic mass is 9.85. The summed E-state index contributed by atoms with van der Waals surface area (Å²) in [4.78, 5) is 0. The lowest BCUT2D eigenvalue weighted by Crippen LogP contribution is -1.91. The largest absolute Gasteiger partial charge is 0.456 e. The molecule has 1 aromatic heterocycles. The van der Waals surface area contributed by atoms with Gasteiger partial charge in [0, 0.05) is 10.8 Å². The molecular weight excluding hydrogens is 569 g/mol. The van der Waals surface area contributed by atoms with Crippen molar-refractivity contribution in [1.29, 1.82) is 0 Å². The zero-order valence-corrected chi connectivity index (χ0v) is 25.6. The van der Waals surface area contributed by atoms with Crippen LogP contribution in [0.3, 0.4) is 0 Å². The fraction of sp³-hybridized carbons (Fsp3) is 0. The zero-order valence-electron chi connectivity index (χ0n) is 25.6. The molecule has 0 N–H and O–H groups in total. The lowest BCUT2D eigenvalue weighted by molar-refractivity contribution is 0.669. The minimum atomic E-state index is 0.919. The van der Waals surface area contributed by atoms with Crippen LogP contribution in [0.4, 0.5) is 0 Å². The van der Waals surface area contributed by atoms with Crippen molar-refractivity contribution in [3.05, 3.63) is 170 Å². The van der Waals surface area contributed by atoms with Gasteiger partial charge in [0.15, 0.2) is 0 Å². The molecule has 1 heteroatoms. The summed E-state index contributed by atoms with van der Waals surface area (Å²) in [6, 6.07) is 61.7. The van der Waals surface area contributed by atoms with Gasteiger partial charge < -0.3 is 4.42 Å². The SMILES string of the molecule is c1ccc2c(c1)ccc1cc(-c3c4ccccc4c(-c4ccc(-c5ccc6c(c5)oc5ccccc56)cc4)c4ccccc34)ccc12. The van der Waals surface area contributed by atoms with Crippen molar-refractivity contribution in [3.8, 4) is 33.4 Å². The Hall–Kier alpha value is -6.18. The summed E-state index contributed by atoms with van der Waals surface area (Å²) in [5.74, 6) is 0. The first-order chi connectivity index (χ1) is 23.3. The van der Waals surface area contributed by atoms with E-state index in [0.29, 0.717) is 0 Å². The first-order valence-corrected chi connectivity index (χ1v) is 16.2. The van der Waals surface area contributed by atoms with Crippen LogP contribution in [0, 0.1) is 0 Å². The van der Waals surface area contributed by atoms with Crippen molar-refractivity contribution in [2.75, 3.05) is 0 Å². The Morgan fingerprint density at radius 3 is 1.45 bits per heavy atom. The van der Waals surface area contributed by atoms with Gasteiger partial charge in [0.1, 0.15) is 11.2 Å². The highest BCUT2D eigenvalue weighted by molar-refractivity contribution is 6.22. The van der Waals surface area contributed by atoms with Crippen LogP contribution in [0.1, 0.15) is 0 Å². The van der Waals surface area contributed by atoms with Gasteiger partial charge in [-0.15, -0.1) is 0 Å². The van der Waals surface area contributed by atoms with Crippen LogP contribution in [0.5, 0.6) is 0 Å². The second-order valence-corrected chi connectivity index (χ2v) is 12.5. The van der Waals surface area contributed by atoms with E-state index in [1.165, 1.54) is 70.9 Å². The summed E-state index contributed by atoms with van der Waals surface area (Å²) >= 11 is 0. The van der Waals surface area contributed by atoms with E-state index in [4.69, 9.17) is 4.42 Å². The summed E-state index contributed by atoms with van der Waals surface area (Å²) < 4.78 is 6.19. The highest BCUT2D eigenvalue weighted by Crippen LogP contribution is 2.45. The Balaban J connectivity index is 1.14. The van der Waals surface area contributed by atoms with Gasteiger partial charge in [-0.05, 0) is 101 Å². The van der Waals surface area contributed by atoms with Crippen LogP contribution in [0.15, 0.2) is 174 Å². The molecule has 0 radical (unpaired) electrons. The van der Waals surface area contributed by atoms with E-state index >= 15 is 0 Å². The summed E-state index contributed by atoms with van der Waals surface area (Å²) in [6.45, 7) is 0. The maximum absolute atomic E-state index is 6.19. The van der Waals surface area contributed by atoms with Crippen molar-refractivity contribution >= 4 is 65.0 Å². The van der Waals surface area contributed by atoms with Crippen molar-refractivity contribution in [3.63, 3.8) is 0 Å². The Morgan fingerprint density at radius 1 is 0.255 bits per heavy atom. The first-order valence-electron chi connectivity index (χ1n) is 16.2. The Morgan fingerprint density at radius 2 is 0.723 bits per heavy atom. The fourth-order valence-electron chi connectivity index (χ4n) is 7.65. The number of rotatable bonds is 3. The second kappa shape index (κ2) is 10.2. The summed E-state index contributed by atoms with van der Waals surface area (Å²) in [5.41, 5.74) is 9.17. The molecule has 0 bridgehead atoms. The van der Waals surface area contributed by atoms with Crippen LogP contribution >= 0.6 is 0 Å². The molecule has 218 valence electrons. The number of para-hydroxylation sites is 1. The molecule has 47 heavy (non-hydrogen) atoms. The van der Waals surface area contributed by atoms with Gasteiger partial charge in [-0.25, -0.2) is 0 Å². The topological polar surface area (TPSA) is 13.1 Å². The third-order valence-electron chi connectivity index (χ3n) is 9.85. The summed E-state index contributed by atoms with van der Waals surface area (Å²) in [6.07, 6.45) is 0. The van der Waals surface area contributed by atoms with E-state index < -0.39 is 0 Å². The van der Waals surface area contributed by atoms with Crippen molar-refractivity contribution in [1.82, 2.24) is 0 Å². The minimum Gasteiger partial charge on any atom is -0.456 e. The fourth-order valence-corrected chi connectivity index (χ4v) is 7.65. The number of hydrogen-bond donors (Lipinski definition) is 0. The standard InChI is InChI=1S/C46H28O/c1-2-10-35-30(9-1)19-22-33-27-34(24-25-36(33)35)46-41-14-5-3-12-39(41)45(40-13-4-6-15-42(40)46)31-20-17-29(18-21-31)32-23-26-38-37-11-7-8-16-43(37)47-44(38)28-32/h1-28H. The normalized spacial score (nSPS) is 11.8. The van der Waals surface area contributed by atoms with Crippen LogP contribution in [0.2, 0.25) is 0 Å². The summed E-state index contributed by atoms with van der Waals surface area (Å²) in [7, 11) is 0. The molecule has 0 aliphatic heterocycles. The first kappa shape index (κ1) is 26.1. The quantitative estimate of drug-likeness (QED) is 0.146. The third-order valence-corrected chi connectivity index (χ3v) is 9.85. The van der Waals surface area contributed by atoms with Crippen LogP contribution in [0.25, 0.3) is 98.4 Å². The molecule has 1 heterocycles. The van der Waals surface area contributed by atoms with Crippen LogP contribution < -0.4 is 0 Å². The van der Waals surface area contributed by atoms with E-state index in [1.807, 2.05) is 12.1 Å². The summed E-state index contributed by atoms with van der Waals surface area (Å²) in [5, 5.41) is 12.5. The Kier molecular flexibility index (Phi) is 5.64. The van der Waals surface area contributed by atoms with Crippen molar-refractivity contribution in [2.24, 2.45) is 0 Å². The van der Waals surface area contributed by atoms with E-state index in [0.717, 1.165) is 27.5 Å². The van der Waals surface area contributed by atoms with Gasteiger partial charge in [0.25, 0.3) is 0 Å². The van der Waals surface area contributed by atoms with Crippen molar-refractivity contribution in [2.45, 2.75) is 0 Å². The molecular formula is C46H28O. The predicted octanol–water partition coefficient (Wildman–Crippen LogP) is 13.2. The minimum absolute atomic E-state index is 0.919. The Bertz CT molecular complexity index is 2780. The molecule has 0 unspecified atom stereocenters. The number of fused-ring (bicyclic) bond motifs is 8. The monoisotopic (exact) mass is 596 g/mol. The van der Waals surface area contributed by atoms with Crippen LogP contribution in [-0.4, -0.2) is 0 Å². The van der Waals surface area contributed by atoms with Gasteiger partial charge in [-0.3, -0.25) is 0 Å². The molecule has 1 nitrogen and oxygen atoms in total. The van der Waals surface area contributed by atoms with Gasteiger partial charge in [0.05, 0.1) is 0 Å². The molecule has 0 aliphatic rings. The molecule has 10 aromatic rings. The smallest absolute Gasteiger partial charge is 0.136 e. The number of hydrogen-bond acceptors (Lipinski definition) is 1. The third kappa shape index (κ3) is 4.03. The van der Waals surface area contributed by atoms with Crippen LogP contribution in [-0.2, 0) is 0 Å². The lowest BCUT2D eigenvalue weighted by Gasteiger charge is -2.18. The van der Waals surface area contributed by atoms with Gasteiger partial charge in [-0.2, -0.15) is 0 Å². The molecule has 0 atom stereocenters. The molecule has 10 rings (SSSR count). The molecule has 0 saturated carbocycles. The average Bonchev–Trinajstić information content (AvgIpc) is 3.51. The number of benzene rings is 9. The number of furan rings is 1. The van der Waals surface area contributed by atoms with Gasteiger partial charge in [0.2, 0.25) is 0 Å². The predicted molar refractivity (Wildman–Crippen MR) is 200 cm³/mol. The Labute approximate surface area is 271 Å². The van der Waals surface area contributed by atoms with Gasteiger partial charge >= 0.3 is 0 Å². The van der Waals surface area contributed by atoms with Crippen molar-refractivity contribution < 1.29 is 4.42 Å². The molecule has 9 aromatic carbocycles. The highest BCUT2D eigenvalue weighted by Gasteiger charge is 2.17. The maximum atomic E-state index is 6.19. The zero-order chi connectivity index (χ0) is 30.9. The van der Waals surface area contributed by atoms with E-state index in [-0.39, 0.29) is 0 Å². The molecule has 0 saturated heterocycles. The highest BCUT2D eigenvalue weighted by atomic mass is 16.3. The average molecular weight is 597 g/mol. The van der Waals surface area contributed by atoms with E-state index in [2.05, 4.69) is 158 Å². The second-order valence-electron chi connectivity index (χ2n) is 12.5. The molecule has 0 fully saturated rings. The van der Waals surface area contributed by atoms with E-state index in [1.54, 1.807) is 0 Å². The van der Waals surface area contributed by atoms with E-state index in [9.17, 15) is 0 Å². The molecule has 0 spiro atoms. The molecule has 0 aliphatic carbocycles. The molecule has 0 amide bonds. The maximum Gasteiger partial charge on any atom is 0.136 e. The van der Waals surface area contributed by atoms with Gasteiger partial charge in [-0.1, -0.05) is 146 Å².